The lowest BCUT2D eigenvalue weighted by Gasteiger charge is -1.74. The molecule has 0 aromatic heterocycles. The van der Waals surface area contributed by atoms with Gasteiger partial charge in [-0.3, -0.25) is 4.79 Å². The van der Waals surface area contributed by atoms with Crippen molar-refractivity contribution in [3.8, 4) is 0 Å². The van der Waals surface area contributed by atoms with Crippen molar-refractivity contribution in [2.75, 3.05) is 0 Å². The first-order chi connectivity index (χ1) is 3.46. The Bertz CT molecular complexity index is 69.1. The van der Waals surface area contributed by atoms with E-state index in [9.17, 15) is 0 Å². The summed E-state index contributed by atoms with van der Waals surface area (Å²) in [4.78, 5) is 17.2. The highest BCUT2D eigenvalue weighted by molar-refractivity contribution is 5.62. The third kappa shape index (κ3) is 75.7. The molecule has 0 atom stereocenters. The highest BCUT2D eigenvalue weighted by atomic mass is 16.9. The molecule has 0 saturated carbocycles. The SMILES string of the molecule is CC(=O)O.O.O=[N+]([O-])[O-]. The lowest BCUT2D eigenvalue weighted by Crippen LogP contribution is -1.78. The molecule has 0 bridgehead atoms. The zero-order valence-electron chi connectivity index (χ0n) is 4.53. The fraction of sp³-hybridized carbons (Fsp3) is 0.500. The standard InChI is InChI=1S/C2H4O2.NO3.H2O/c1-2(3)4;2-1(3)4;/h1H3,(H,3,4);;1H2/q;-1;. The number of hydrogen-bond donors (Lipinski definition) is 1. The van der Waals surface area contributed by atoms with Crippen LogP contribution in [0, 0.1) is 15.3 Å². The number of carboxylic acid groups (broad SMARTS) is 1. The number of nitrogens with zero attached hydrogens (tertiary/aromatic N) is 1. The van der Waals surface area contributed by atoms with Crippen molar-refractivity contribution in [2.45, 2.75) is 6.92 Å². The smallest absolute Gasteiger partial charge is 0.300 e. The van der Waals surface area contributed by atoms with Crippen LogP contribution in [-0.4, -0.2) is 21.6 Å². The largest absolute Gasteiger partial charge is 0.481 e. The molecule has 0 aromatic rings. The molecule has 0 aliphatic carbocycles. The zero-order chi connectivity index (χ0) is 7.15. The lowest BCUT2D eigenvalue weighted by atomic mass is 10.9. The molecule has 0 fully saturated rings. The van der Waals surface area contributed by atoms with Gasteiger partial charge in [0.1, 0.15) is 0 Å². The van der Waals surface area contributed by atoms with Crippen molar-refractivity contribution in [1.29, 1.82) is 0 Å². The second-order valence-electron chi connectivity index (χ2n) is 0.743. The second-order valence-corrected chi connectivity index (χ2v) is 0.743. The Morgan fingerprint density at radius 2 is 1.56 bits per heavy atom. The van der Waals surface area contributed by atoms with Crippen LogP contribution in [0.25, 0.3) is 0 Å². The summed E-state index contributed by atoms with van der Waals surface area (Å²) in [7, 11) is 0. The van der Waals surface area contributed by atoms with Gasteiger partial charge in [0.25, 0.3) is 5.97 Å². The van der Waals surface area contributed by atoms with Crippen molar-refractivity contribution in [3.05, 3.63) is 15.3 Å². The van der Waals surface area contributed by atoms with Gasteiger partial charge in [0, 0.05) is 6.92 Å². The van der Waals surface area contributed by atoms with Crippen LogP contribution in [0.4, 0.5) is 0 Å². The van der Waals surface area contributed by atoms with Crippen LogP contribution in [0.1, 0.15) is 6.92 Å². The number of rotatable bonds is 0. The van der Waals surface area contributed by atoms with Crippen molar-refractivity contribution in [1.82, 2.24) is 0 Å². The van der Waals surface area contributed by atoms with E-state index >= 15 is 0 Å². The van der Waals surface area contributed by atoms with Gasteiger partial charge in [0.15, 0.2) is 0 Å². The normalized spacial score (nSPS) is 5.44. The van der Waals surface area contributed by atoms with Crippen molar-refractivity contribution >= 4 is 5.97 Å². The van der Waals surface area contributed by atoms with Crippen LogP contribution >= 0.6 is 0 Å². The average molecular weight is 140 g/mol. The van der Waals surface area contributed by atoms with Crippen molar-refractivity contribution in [3.63, 3.8) is 0 Å². The molecule has 0 aliphatic heterocycles. The minimum atomic E-state index is -1.75. The van der Waals surface area contributed by atoms with Crippen LogP contribution in [0.3, 0.4) is 0 Å². The molecule has 7 nitrogen and oxygen atoms in total. The molecular weight excluding hydrogens is 134 g/mol. The first-order valence-electron chi connectivity index (χ1n) is 1.48. The van der Waals surface area contributed by atoms with Crippen LogP contribution in [-0.2, 0) is 4.79 Å². The van der Waals surface area contributed by atoms with Gasteiger partial charge >= 0.3 is 0 Å². The van der Waals surface area contributed by atoms with Gasteiger partial charge in [0.05, 0.1) is 5.09 Å². The minimum absolute atomic E-state index is 0. The molecule has 56 valence electrons. The maximum absolute atomic E-state index is 9.00. The predicted octanol–water partition coefficient (Wildman–Crippen LogP) is -0.973. The Balaban J connectivity index is -0.0000000720. The summed E-state index contributed by atoms with van der Waals surface area (Å²) < 4.78 is 0. The van der Waals surface area contributed by atoms with E-state index in [1.807, 2.05) is 0 Å². The van der Waals surface area contributed by atoms with Crippen LogP contribution in [0.15, 0.2) is 0 Å². The molecule has 0 rings (SSSR count). The van der Waals surface area contributed by atoms with Crippen molar-refractivity contribution in [2.24, 2.45) is 0 Å². The summed E-state index contributed by atoms with van der Waals surface area (Å²) in [6, 6.07) is 0. The van der Waals surface area contributed by atoms with Crippen LogP contribution < -0.4 is 0 Å². The van der Waals surface area contributed by atoms with Gasteiger partial charge in [-0.2, -0.15) is 0 Å². The Hall–Kier alpha value is -1.37. The van der Waals surface area contributed by atoms with E-state index in [0.29, 0.717) is 0 Å². The summed E-state index contributed by atoms with van der Waals surface area (Å²) in [5, 5.41) is 22.2. The lowest BCUT2D eigenvalue weighted by molar-refractivity contribution is -0.402. The first kappa shape index (κ1) is 15.6. The Kier molecular flexibility index (Phi) is 17.0. The fourth-order valence-corrected chi connectivity index (χ4v) is 0. The topological polar surface area (TPSA) is 135 Å². The maximum Gasteiger partial charge on any atom is 0.300 e. The number of hydrogen-bond acceptors (Lipinski definition) is 4. The van der Waals surface area contributed by atoms with E-state index in [1.165, 1.54) is 0 Å². The molecule has 0 amide bonds. The molecule has 0 radical (unpaired) electrons. The molecule has 0 spiro atoms. The predicted molar refractivity (Wildman–Crippen MR) is 27.3 cm³/mol. The number of carboxylic acids is 1. The summed E-state index contributed by atoms with van der Waals surface area (Å²) >= 11 is 0. The highest BCUT2D eigenvalue weighted by Crippen LogP contribution is 1.44. The summed E-state index contributed by atoms with van der Waals surface area (Å²) in [6.07, 6.45) is 0. The van der Waals surface area contributed by atoms with Gasteiger partial charge in [-0.15, -0.1) is 0 Å². The average Bonchev–Trinajstić information content (AvgIpc) is 1.25. The minimum Gasteiger partial charge on any atom is -0.481 e. The third-order valence-corrected chi connectivity index (χ3v) is 0. The van der Waals surface area contributed by atoms with E-state index in [-0.39, 0.29) is 5.48 Å². The molecule has 0 heterocycles. The monoisotopic (exact) mass is 140 g/mol. The highest BCUT2D eigenvalue weighted by Gasteiger charge is 1.65. The van der Waals surface area contributed by atoms with Crippen molar-refractivity contribution < 1.29 is 20.5 Å². The van der Waals surface area contributed by atoms with E-state index in [4.69, 9.17) is 25.2 Å². The molecule has 0 saturated heterocycles. The summed E-state index contributed by atoms with van der Waals surface area (Å²) in [5.41, 5.74) is 0. The Morgan fingerprint density at radius 3 is 1.56 bits per heavy atom. The van der Waals surface area contributed by atoms with E-state index < -0.39 is 11.1 Å². The van der Waals surface area contributed by atoms with Gasteiger partial charge in [0.2, 0.25) is 0 Å². The van der Waals surface area contributed by atoms with Crippen LogP contribution in [0.5, 0.6) is 0 Å². The Labute approximate surface area is 49.9 Å². The number of carbonyl (C=O) groups is 1. The van der Waals surface area contributed by atoms with E-state index in [0.717, 1.165) is 6.92 Å². The molecular formula is C2H6NO6-. The first-order valence-corrected chi connectivity index (χ1v) is 1.48. The molecule has 0 aromatic carbocycles. The summed E-state index contributed by atoms with van der Waals surface area (Å²) in [6.45, 7) is 1.08. The molecule has 0 aliphatic rings. The van der Waals surface area contributed by atoms with Gasteiger partial charge < -0.3 is 25.9 Å². The van der Waals surface area contributed by atoms with Crippen LogP contribution in [0.2, 0.25) is 0 Å². The van der Waals surface area contributed by atoms with E-state index in [2.05, 4.69) is 0 Å². The number of aliphatic carboxylic acids is 1. The van der Waals surface area contributed by atoms with Gasteiger partial charge in [-0.1, -0.05) is 0 Å². The maximum atomic E-state index is 9.00. The van der Waals surface area contributed by atoms with Gasteiger partial charge in [-0.05, 0) is 0 Å². The van der Waals surface area contributed by atoms with Gasteiger partial charge in [-0.25, -0.2) is 0 Å². The molecule has 7 heteroatoms. The Morgan fingerprint density at radius 1 is 1.56 bits per heavy atom. The second kappa shape index (κ2) is 9.80. The quantitative estimate of drug-likeness (QED) is 0.341. The fourth-order valence-electron chi connectivity index (χ4n) is 0. The van der Waals surface area contributed by atoms with E-state index in [1.54, 1.807) is 0 Å². The summed E-state index contributed by atoms with van der Waals surface area (Å²) in [5.74, 6) is -0.833. The third-order valence-electron chi connectivity index (χ3n) is 0. The molecule has 0 unspecified atom stereocenters. The zero-order valence-corrected chi connectivity index (χ0v) is 4.53. The molecule has 3 N–H and O–H groups in total. The molecule has 9 heavy (non-hydrogen) atoms.